The molecular weight excluding hydrogens is 320 g/mol. The summed E-state index contributed by atoms with van der Waals surface area (Å²) in [6.07, 6.45) is 1.99. The molecule has 0 saturated carbocycles. The van der Waals surface area contributed by atoms with Gasteiger partial charge in [-0.1, -0.05) is 0 Å². The van der Waals surface area contributed by atoms with Gasteiger partial charge in [0.25, 0.3) is 5.69 Å². The molecule has 0 spiro atoms. The van der Waals surface area contributed by atoms with Crippen LogP contribution in [-0.2, 0) is 6.54 Å². The maximum absolute atomic E-state index is 12.8. The molecule has 1 atom stereocenters. The molecule has 0 radical (unpaired) electrons. The molecular formula is C18H22N4O3. The van der Waals surface area contributed by atoms with Crippen molar-refractivity contribution in [1.82, 2.24) is 14.8 Å². The number of carbonyl (C=O) groups is 1. The summed E-state index contributed by atoms with van der Waals surface area (Å²) in [4.78, 5) is 25.1. The SMILES string of the molecule is CC(C)(C)NC(=O)N1CCn2cccc2[C@H]1c1ccc([N+](=O)[O-])cc1. The molecule has 7 nitrogen and oxygen atoms in total. The van der Waals surface area contributed by atoms with Crippen molar-refractivity contribution < 1.29 is 9.72 Å². The van der Waals surface area contributed by atoms with Crippen molar-refractivity contribution in [3.8, 4) is 0 Å². The summed E-state index contributed by atoms with van der Waals surface area (Å²) in [5, 5.41) is 13.9. The lowest BCUT2D eigenvalue weighted by atomic mass is 9.99. The van der Waals surface area contributed by atoms with Crippen molar-refractivity contribution in [1.29, 1.82) is 0 Å². The topological polar surface area (TPSA) is 80.4 Å². The van der Waals surface area contributed by atoms with Crippen LogP contribution in [0.2, 0.25) is 0 Å². The average molecular weight is 342 g/mol. The zero-order valence-corrected chi connectivity index (χ0v) is 14.6. The van der Waals surface area contributed by atoms with E-state index in [4.69, 9.17) is 0 Å². The van der Waals surface area contributed by atoms with Gasteiger partial charge in [0.2, 0.25) is 0 Å². The average Bonchev–Trinajstić information content (AvgIpc) is 3.00. The van der Waals surface area contributed by atoms with Gasteiger partial charge in [-0.25, -0.2) is 4.79 Å². The molecule has 0 saturated heterocycles. The van der Waals surface area contributed by atoms with Crippen LogP contribution in [0.3, 0.4) is 0 Å². The third kappa shape index (κ3) is 3.50. The van der Waals surface area contributed by atoms with Gasteiger partial charge in [0, 0.05) is 42.7 Å². The lowest BCUT2D eigenvalue weighted by Gasteiger charge is -2.38. The van der Waals surface area contributed by atoms with Crippen molar-refractivity contribution in [2.45, 2.75) is 38.9 Å². The second-order valence-electron chi connectivity index (χ2n) is 7.25. The Morgan fingerprint density at radius 2 is 1.88 bits per heavy atom. The van der Waals surface area contributed by atoms with Crippen LogP contribution >= 0.6 is 0 Å². The minimum absolute atomic E-state index is 0.0423. The normalized spacial score (nSPS) is 17.1. The fourth-order valence-electron chi connectivity index (χ4n) is 3.12. The number of nitrogens with one attached hydrogen (secondary N) is 1. The van der Waals surface area contributed by atoms with E-state index in [1.54, 1.807) is 17.0 Å². The van der Waals surface area contributed by atoms with E-state index in [1.165, 1.54) is 12.1 Å². The number of benzene rings is 1. The van der Waals surface area contributed by atoms with Crippen molar-refractivity contribution >= 4 is 11.7 Å². The summed E-state index contributed by atoms with van der Waals surface area (Å²) < 4.78 is 2.12. The number of hydrogen-bond acceptors (Lipinski definition) is 3. The van der Waals surface area contributed by atoms with Crippen molar-refractivity contribution in [3.63, 3.8) is 0 Å². The molecule has 1 N–H and O–H groups in total. The Morgan fingerprint density at radius 1 is 1.20 bits per heavy atom. The lowest BCUT2D eigenvalue weighted by Crippen LogP contribution is -2.52. The smallest absolute Gasteiger partial charge is 0.318 e. The molecule has 25 heavy (non-hydrogen) atoms. The first kappa shape index (κ1) is 17.0. The minimum Gasteiger partial charge on any atom is -0.348 e. The van der Waals surface area contributed by atoms with Gasteiger partial charge in [-0.2, -0.15) is 0 Å². The summed E-state index contributed by atoms with van der Waals surface area (Å²) in [5.41, 5.74) is 1.57. The van der Waals surface area contributed by atoms with Crippen LogP contribution in [0, 0.1) is 10.1 Å². The van der Waals surface area contributed by atoms with E-state index in [2.05, 4.69) is 9.88 Å². The molecule has 0 fully saturated rings. The molecule has 0 bridgehead atoms. The highest BCUT2D eigenvalue weighted by Gasteiger charge is 2.33. The highest BCUT2D eigenvalue weighted by molar-refractivity contribution is 5.76. The number of fused-ring (bicyclic) bond motifs is 1. The first-order valence-electron chi connectivity index (χ1n) is 8.24. The second-order valence-corrected chi connectivity index (χ2v) is 7.25. The number of urea groups is 1. The van der Waals surface area contributed by atoms with Gasteiger partial charge in [0.15, 0.2) is 0 Å². The summed E-state index contributed by atoms with van der Waals surface area (Å²) in [5.74, 6) is 0. The number of amides is 2. The number of rotatable bonds is 2. The molecule has 1 aromatic heterocycles. The first-order valence-corrected chi connectivity index (χ1v) is 8.24. The summed E-state index contributed by atoms with van der Waals surface area (Å²) in [7, 11) is 0. The van der Waals surface area contributed by atoms with Crippen molar-refractivity contribution in [2.24, 2.45) is 0 Å². The molecule has 1 aliphatic rings. The van der Waals surface area contributed by atoms with Crippen LogP contribution < -0.4 is 5.32 Å². The van der Waals surface area contributed by atoms with E-state index < -0.39 is 4.92 Å². The maximum Gasteiger partial charge on any atom is 0.318 e. The fraction of sp³-hybridized carbons (Fsp3) is 0.389. The van der Waals surface area contributed by atoms with E-state index in [0.717, 1.165) is 17.8 Å². The van der Waals surface area contributed by atoms with Gasteiger partial charge in [0.1, 0.15) is 0 Å². The minimum atomic E-state index is -0.419. The number of hydrogen-bond donors (Lipinski definition) is 1. The number of nitrogens with zero attached hydrogens (tertiary/aromatic N) is 3. The van der Waals surface area contributed by atoms with E-state index in [-0.39, 0.29) is 23.3 Å². The van der Waals surface area contributed by atoms with Crippen LogP contribution in [0.5, 0.6) is 0 Å². The van der Waals surface area contributed by atoms with Gasteiger partial charge in [-0.05, 0) is 50.6 Å². The Hall–Kier alpha value is -2.83. The molecule has 0 unspecified atom stereocenters. The molecule has 1 aromatic carbocycles. The van der Waals surface area contributed by atoms with Crippen molar-refractivity contribution in [2.75, 3.05) is 6.54 Å². The molecule has 3 rings (SSSR count). The van der Waals surface area contributed by atoms with E-state index in [9.17, 15) is 14.9 Å². The van der Waals surface area contributed by atoms with Gasteiger partial charge < -0.3 is 14.8 Å². The van der Waals surface area contributed by atoms with Gasteiger partial charge in [-0.3, -0.25) is 10.1 Å². The summed E-state index contributed by atoms with van der Waals surface area (Å²) in [6, 6.07) is 9.96. The number of aromatic nitrogens is 1. The lowest BCUT2D eigenvalue weighted by molar-refractivity contribution is -0.384. The van der Waals surface area contributed by atoms with Crippen molar-refractivity contribution in [3.05, 3.63) is 64.0 Å². The largest absolute Gasteiger partial charge is 0.348 e. The molecule has 7 heteroatoms. The Bertz CT molecular complexity index is 789. The van der Waals surface area contributed by atoms with E-state index >= 15 is 0 Å². The van der Waals surface area contributed by atoms with E-state index in [0.29, 0.717) is 6.54 Å². The standard InChI is InChI=1S/C18H22N4O3/c1-18(2,3)19-17(23)21-12-11-20-10-4-5-15(20)16(21)13-6-8-14(9-7-13)22(24)25/h4-10,16H,11-12H2,1-3H3,(H,19,23)/t16-/m1/s1. The monoisotopic (exact) mass is 342 g/mol. The first-order chi connectivity index (χ1) is 11.8. The Kier molecular flexibility index (Phi) is 4.24. The number of carbonyl (C=O) groups excluding carboxylic acids is 1. The predicted molar refractivity (Wildman–Crippen MR) is 94.4 cm³/mol. The highest BCUT2D eigenvalue weighted by Crippen LogP contribution is 2.33. The number of non-ortho nitro benzene ring substituents is 1. The van der Waals surface area contributed by atoms with Crippen LogP contribution in [0.25, 0.3) is 0 Å². The predicted octanol–water partition coefficient (Wildman–Crippen LogP) is 3.31. The molecule has 132 valence electrons. The van der Waals surface area contributed by atoms with Gasteiger partial charge >= 0.3 is 6.03 Å². The third-order valence-electron chi connectivity index (χ3n) is 4.20. The second kappa shape index (κ2) is 6.23. The maximum atomic E-state index is 12.8. The molecule has 2 heterocycles. The van der Waals surface area contributed by atoms with Crippen LogP contribution in [0.1, 0.15) is 38.1 Å². The van der Waals surface area contributed by atoms with E-state index in [1.807, 2.05) is 39.1 Å². The quantitative estimate of drug-likeness (QED) is 0.671. The Morgan fingerprint density at radius 3 is 2.48 bits per heavy atom. The molecule has 2 amide bonds. The Balaban J connectivity index is 1.98. The number of nitro groups is 1. The van der Waals surface area contributed by atoms with Gasteiger partial charge in [0.05, 0.1) is 11.0 Å². The number of nitro benzene ring substituents is 1. The Labute approximate surface area is 146 Å². The fourth-order valence-corrected chi connectivity index (χ4v) is 3.12. The summed E-state index contributed by atoms with van der Waals surface area (Å²) >= 11 is 0. The van der Waals surface area contributed by atoms with Crippen LogP contribution in [-0.4, -0.2) is 32.5 Å². The zero-order valence-electron chi connectivity index (χ0n) is 14.6. The molecule has 1 aliphatic heterocycles. The summed E-state index contributed by atoms with van der Waals surface area (Å²) in [6.45, 7) is 7.13. The third-order valence-corrected chi connectivity index (χ3v) is 4.20. The zero-order chi connectivity index (χ0) is 18.2. The highest BCUT2D eigenvalue weighted by atomic mass is 16.6. The molecule has 0 aliphatic carbocycles. The van der Waals surface area contributed by atoms with Crippen LogP contribution in [0.15, 0.2) is 42.6 Å². The molecule has 2 aromatic rings. The van der Waals surface area contributed by atoms with Crippen LogP contribution in [0.4, 0.5) is 10.5 Å². The van der Waals surface area contributed by atoms with Gasteiger partial charge in [-0.15, -0.1) is 0 Å².